The Hall–Kier alpha value is -3.06. The van der Waals surface area contributed by atoms with Gasteiger partial charge in [0, 0.05) is 12.8 Å². The smallest absolute Gasteiger partial charge is 0.306 e. The maximum absolute atomic E-state index is 13.0. The van der Waals surface area contributed by atoms with Gasteiger partial charge < -0.3 is 64.2 Å². The highest BCUT2D eigenvalue weighted by Crippen LogP contribution is 2.26. The first-order chi connectivity index (χ1) is 32.0. The first-order valence-corrected chi connectivity index (χ1v) is 24.5. The van der Waals surface area contributed by atoms with Gasteiger partial charge in [0.15, 0.2) is 18.7 Å². The Kier molecular flexibility index (Phi) is 33.9. The number of ether oxygens (including phenoxy) is 6. The van der Waals surface area contributed by atoms with E-state index in [0.717, 1.165) is 70.6 Å². The Morgan fingerprint density at radius 3 is 1.56 bits per heavy atom. The second kappa shape index (κ2) is 37.9. The van der Waals surface area contributed by atoms with E-state index in [9.17, 15) is 45.3 Å². The summed E-state index contributed by atoms with van der Waals surface area (Å²) >= 11 is 0. The van der Waals surface area contributed by atoms with E-state index in [0.29, 0.717) is 19.3 Å². The molecule has 2 saturated heterocycles. The average Bonchev–Trinajstić information content (AvgIpc) is 3.31. The highest BCUT2D eigenvalue weighted by molar-refractivity contribution is 5.70. The summed E-state index contributed by atoms with van der Waals surface area (Å²) in [4.78, 5) is 25.7. The molecule has 2 aliphatic heterocycles. The predicted molar refractivity (Wildman–Crippen MR) is 252 cm³/mol. The third-order valence-electron chi connectivity index (χ3n) is 11.2. The maximum atomic E-state index is 13.0. The van der Waals surface area contributed by atoms with Gasteiger partial charge in [-0.3, -0.25) is 9.59 Å². The van der Waals surface area contributed by atoms with E-state index < -0.39 is 99.3 Å². The molecule has 0 radical (unpaired) electrons. The highest BCUT2D eigenvalue weighted by atomic mass is 16.7. The Morgan fingerprint density at radius 1 is 0.500 bits per heavy atom. The molecule has 2 heterocycles. The molecule has 15 heteroatoms. The summed E-state index contributed by atoms with van der Waals surface area (Å²) in [6.45, 7) is 2.36. The van der Waals surface area contributed by atoms with E-state index in [1.807, 2.05) is 12.2 Å². The third-order valence-corrected chi connectivity index (χ3v) is 11.2. The molecule has 0 aromatic rings. The summed E-state index contributed by atoms with van der Waals surface area (Å²) in [5.41, 5.74) is 0. The number of aliphatic hydroxyl groups excluding tert-OH is 7. The second-order valence-electron chi connectivity index (χ2n) is 16.9. The molecule has 0 amide bonds. The van der Waals surface area contributed by atoms with Crippen LogP contribution in [-0.2, 0) is 38.0 Å². The van der Waals surface area contributed by atoms with Crippen molar-refractivity contribution in [3.8, 4) is 0 Å². The Labute approximate surface area is 393 Å². The molecule has 7 N–H and O–H groups in total. The molecule has 0 bridgehead atoms. The number of rotatable bonds is 36. The zero-order chi connectivity index (χ0) is 48.2. The summed E-state index contributed by atoms with van der Waals surface area (Å²) < 4.78 is 33.4. The normalized spacial score (nSPS) is 26.8. The summed E-state index contributed by atoms with van der Waals surface area (Å²) in [6.07, 6.45) is 26.6. The van der Waals surface area contributed by atoms with Gasteiger partial charge in [-0.25, -0.2) is 0 Å². The molecule has 15 nitrogen and oxygen atoms in total. The predicted octanol–water partition coefficient (Wildman–Crippen LogP) is 6.26. The number of carbonyl (C=O) groups is 2. The van der Waals surface area contributed by atoms with Crippen molar-refractivity contribution in [2.75, 3.05) is 26.4 Å². The Bertz CT molecular complexity index is 1430. The van der Waals surface area contributed by atoms with Gasteiger partial charge in [-0.1, -0.05) is 125 Å². The fourth-order valence-corrected chi connectivity index (χ4v) is 7.13. The van der Waals surface area contributed by atoms with Crippen LogP contribution >= 0.6 is 0 Å². The molecule has 2 fully saturated rings. The van der Waals surface area contributed by atoms with Crippen molar-refractivity contribution < 1.29 is 73.8 Å². The van der Waals surface area contributed by atoms with Crippen LogP contribution in [0, 0.1) is 0 Å². The minimum atomic E-state index is -1.78. The van der Waals surface area contributed by atoms with Crippen molar-refractivity contribution in [2.45, 2.75) is 210 Å². The quantitative estimate of drug-likeness (QED) is 0.0209. The lowest BCUT2D eigenvalue weighted by Crippen LogP contribution is -2.61. The van der Waals surface area contributed by atoms with Gasteiger partial charge in [-0.15, -0.1) is 0 Å². The van der Waals surface area contributed by atoms with Crippen LogP contribution in [0.2, 0.25) is 0 Å². The number of aliphatic hydroxyl groups is 7. The molecule has 11 unspecified atom stereocenters. The minimum Gasteiger partial charge on any atom is -0.462 e. The SMILES string of the molecule is CC/C=C\C/C=C\C/C=C\C/C=C\C/C=C\CCCC(=O)OC(COC(=O)CCCCCCC/C=C\CCCCCC)COC1OC(COC2OC(CO)C(O)C(O)C2O)C(O)C(O)C1O. The molecule has 11 atom stereocenters. The van der Waals surface area contributed by atoms with Crippen LogP contribution < -0.4 is 0 Å². The molecule has 2 aliphatic rings. The summed E-state index contributed by atoms with van der Waals surface area (Å²) in [7, 11) is 0. The lowest BCUT2D eigenvalue weighted by Gasteiger charge is -2.42. The van der Waals surface area contributed by atoms with Crippen molar-refractivity contribution in [3.63, 3.8) is 0 Å². The number of unbranched alkanes of at least 4 members (excludes halogenated alkanes) is 10. The molecular weight excluding hydrogens is 853 g/mol. The van der Waals surface area contributed by atoms with E-state index in [1.165, 1.54) is 25.7 Å². The fourth-order valence-electron chi connectivity index (χ4n) is 7.13. The summed E-state index contributed by atoms with van der Waals surface area (Å²) in [5.74, 6) is -1.01. The number of hydrogen-bond acceptors (Lipinski definition) is 15. The average molecular weight is 937 g/mol. The Balaban J connectivity index is 1.87. The van der Waals surface area contributed by atoms with Crippen molar-refractivity contribution in [2.24, 2.45) is 0 Å². The van der Waals surface area contributed by atoms with Crippen molar-refractivity contribution in [1.82, 2.24) is 0 Å². The van der Waals surface area contributed by atoms with Gasteiger partial charge >= 0.3 is 11.9 Å². The molecule has 0 saturated carbocycles. The largest absolute Gasteiger partial charge is 0.462 e. The fraction of sp³-hybridized carbons (Fsp3) is 0.725. The minimum absolute atomic E-state index is 0.0817. The monoisotopic (exact) mass is 937 g/mol. The van der Waals surface area contributed by atoms with Crippen molar-refractivity contribution in [3.05, 3.63) is 72.9 Å². The molecule has 0 aromatic heterocycles. The van der Waals surface area contributed by atoms with Crippen LogP contribution in [0.5, 0.6) is 0 Å². The van der Waals surface area contributed by atoms with Crippen LogP contribution in [0.3, 0.4) is 0 Å². The van der Waals surface area contributed by atoms with Crippen LogP contribution in [0.25, 0.3) is 0 Å². The molecule has 66 heavy (non-hydrogen) atoms. The highest BCUT2D eigenvalue weighted by Gasteiger charge is 2.47. The molecule has 0 aliphatic carbocycles. The van der Waals surface area contributed by atoms with E-state index in [4.69, 9.17) is 28.4 Å². The van der Waals surface area contributed by atoms with Crippen LogP contribution in [0.15, 0.2) is 72.9 Å². The van der Waals surface area contributed by atoms with Gasteiger partial charge in [0.1, 0.15) is 55.4 Å². The zero-order valence-electron chi connectivity index (χ0n) is 39.6. The maximum Gasteiger partial charge on any atom is 0.306 e. The molecule has 2 rings (SSSR count). The number of allylic oxidation sites excluding steroid dienone is 12. The van der Waals surface area contributed by atoms with Gasteiger partial charge in [0.2, 0.25) is 0 Å². The van der Waals surface area contributed by atoms with Gasteiger partial charge in [0.25, 0.3) is 0 Å². The van der Waals surface area contributed by atoms with Gasteiger partial charge in [-0.2, -0.15) is 0 Å². The first-order valence-electron chi connectivity index (χ1n) is 24.5. The van der Waals surface area contributed by atoms with E-state index in [1.54, 1.807) is 0 Å². The third kappa shape index (κ3) is 25.9. The van der Waals surface area contributed by atoms with Crippen LogP contribution in [-0.4, -0.2) is 142 Å². The molecule has 378 valence electrons. The topological polar surface area (TPSA) is 231 Å². The molecular formula is C51H84O15. The summed E-state index contributed by atoms with van der Waals surface area (Å²) in [6, 6.07) is 0. The lowest BCUT2D eigenvalue weighted by atomic mass is 9.98. The van der Waals surface area contributed by atoms with E-state index >= 15 is 0 Å². The Morgan fingerprint density at radius 2 is 0.970 bits per heavy atom. The standard InChI is InChI=1S/C51H84O15/c1-3-5-7-9-11-13-15-17-18-19-20-22-24-26-28-30-32-34-43(54)64-39(36-61-42(53)33-31-29-27-25-23-21-16-14-12-10-8-6-4-2)37-62-50-49(60)47(58)45(56)41(66-50)38-63-51-48(59)46(57)44(55)40(35-52)65-51/h5,7,11,13-14,16-18,20,22,26,28,39-41,44-52,55-60H,3-4,6,8-10,12,15,19,21,23-25,27,29-38H2,1-2H3/b7-5-,13-11-,16-14-,18-17-,22-20-,28-26-. The first kappa shape index (κ1) is 59.1. The van der Waals surface area contributed by atoms with Crippen LogP contribution in [0.1, 0.15) is 142 Å². The summed E-state index contributed by atoms with van der Waals surface area (Å²) in [5, 5.41) is 72.0. The van der Waals surface area contributed by atoms with E-state index in [-0.39, 0.29) is 19.4 Å². The van der Waals surface area contributed by atoms with Gasteiger partial charge in [0.05, 0.1) is 19.8 Å². The second-order valence-corrected chi connectivity index (χ2v) is 16.9. The van der Waals surface area contributed by atoms with Crippen LogP contribution in [0.4, 0.5) is 0 Å². The zero-order valence-corrected chi connectivity index (χ0v) is 39.6. The van der Waals surface area contributed by atoms with Crippen molar-refractivity contribution in [1.29, 1.82) is 0 Å². The van der Waals surface area contributed by atoms with Gasteiger partial charge in [-0.05, 0) is 77.0 Å². The molecule has 0 aromatic carbocycles. The van der Waals surface area contributed by atoms with E-state index in [2.05, 4.69) is 74.6 Å². The number of hydrogen-bond donors (Lipinski definition) is 7. The molecule has 0 spiro atoms. The lowest BCUT2D eigenvalue weighted by molar-refractivity contribution is -0.332. The number of carbonyl (C=O) groups excluding carboxylic acids is 2. The number of esters is 2. The van der Waals surface area contributed by atoms with Crippen molar-refractivity contribution >= 4 is 11.9 Å².